The van der Waals surface area contributed by atoms with Gasteiger partial charge < -0.3 is 9.30 Å². The van der Waals surface area contributed by atoms with Crippen LogP contribution in [0.3, 0.4) is 0 Å². The maximum Gasteiger partial charge on any atom is 0.269 e. The highest BCUT2D eigenvalue weighted by molar-refractivity contribution is 9.10. The fourth-order valence-corrected chi connectivity index (χ4v) is 3.08. The first-order chi connectivity index (χ1) is 12.6. The molecular formula is C19H18BrN3O3. The van der Waals surface area contributed by atoms with Gasteiger partial charge in [-0.3, -0.25) is 20.4 Å². The zero-order valence-corrected chi connectivity index (χ0v) is 15.7. The van der Waals surface area contributed by atoms with Crippen molar-refractivity contribution in [1.82, 2.24) is 15.4 Å². The first-order valence-electron chi connectivity index (χ1n) is 8.14. The molecule has 0 atom stereocenters. The minimum atomic E-state index is -0.403. The second-order valence-electron chi connectivity index (χ2n) is 5.58. The highest BCUT2D eigenvalue weighted by Crippen LogP contribution is 2.25. The Kier molecular flexibility index (Phi) is 5.58. The summed E-state index contributed by atoms with van der Waals surface area (Å²) in [6.45, 7) is 2.53. The summed E-state index contributed by atoms with van der Waals surface area (Å²) in [7, 11) is 0. The summed E-state index contributed by atoms with van der Waals surface area (Å²) in [5, 5.41) is 1.06. The Bertz CT molecular complexity index is 952. The molecule has 2 N–H and O–H groups in total. The molecule has 134 valence electrons. The van der Waals surface area contributed by atoms with Crippen molar-refractivity contribution in [1.29, 1.82) is 0 Å². The van der Waals surface area contributed by atoms with Crippen molar-refractivity contribution in [3.8, 4) is 5.75 Å². The van der Waals surface area contributed by atoms with Crippen molar-refractivity contribution in [2.75, 3.05) is 6.61 Å². The van der Waals surface area contributed by atoms with E-state index in [4.69, 9.17) is 4.74 Å². The molecule has 0 aliphatic carbocycles. The molecule has 0 spiro atoms. The highest BCUT2D eigenvalue weighted by atomic mass is 79.9. The third-order valence-corrected chi connectivity index (χ3v) is 4.42. The Morgan fingerprint density at radius 3 is 2.69 bits per heavy atom. The lowest BCUT2D eigenvalue weighted by Gasteiger charge is -2.10. The Morgan fingerprint density at radius 1 is 1.12 bits per heavy atom. The fourth-order valence-electron chi connectivity index (χ4n) is 2.59. The van der Waals surface area contributed by atoms with Gasteiger partial charge in [0.25, 0.3) is 11.8 Å². The molecule has 6 nitrogen and oxygen atoms in total. The van der Waals surface area contributed by atoms with Gasteiger partial charge in [-0.2, -0.15) is 0 Å². The third-order valence-electron chi connectivity index (χ3n) is 3.80. The van der Waals surface area contributed by atoms with Gasteiger partial charge >= 0.3 is 0 Å². The van der Waals surface area contributed by atoms with Crippen molar-refractivity contribution in [2.24, 2.45) is 0 Å². The summed E-state index contributed by atoms with van der Waals surface area (Å²) in [5.74, 6) is -0.0586. The number of hydrazine groups is 1. The van der Waals surface area contributed by atoms with Crippen LogP contribution >= 0.6 is 15.9 Å². The maximum atomic E-state index is 12.2. The lowest BCUT2D eigenvalue weighted by molar-refractivity contribution is -0.122. The van der Waals surface area contributed by atoms with Gasteiger partial charge in [-0.15, -0.1) is 0 Å². The maximum absolute atomic E-state index is 12.2. The normalized spacial score (nSPS) is 10.5. The van der Waals surface area contributed by atoms with Crippen LogP contribution in [0.5, 0.6) is 5.75 Å². The molecule has 0 saturated carbocycles. The molecule has 0 aliphatic heterocycles. The van der Waals surface area contributed by atoms with E-state index in [0.29, 0.717) is 22.4 Å². The molecule has 0 saturated heterocycles. The molecule has 0 unspecified atom stereocenters. The van der Waals surface area contributed by atoms with Crippen LogP contribution in [0, 0.1) is 0 Å². The zero-order chi connectivity index (χ0) is 18.5. The lowest BCUT2D eigenvalue weighted by Crippen LogP contribution is -2.43. The Morgan fingerprint density at radius 2 is 1.92 bits per heavy atom. The number of fused-ring (bicyclic) bond motifs is 1. The molecule has 3 rings (SSSR count). The Balaban J connectivity index is 1.59. The smallest absolute Gasteiger partial charge is 0.269 e. The summed E-state index contributed by atoms with van der Waals surface area (Å²) in [6.07, 6.45) is 1.84. The summed E-state index contributed by atoms with van der Waals surface area (Å²) in [5.41, 5.74) is 6.23. The standard InChI is InChI=1S/C19H18BrN3O3/c1-2-26-17-8-7-14(11-15(17)20)19(25)22-21-18(24)12-23-10-9-13-5-3-4-6-16(13)23/h3-11H,2,12H2,1H3,(H,21,24)(H,22,25). The van der Waals surface area contributed by atoms with Gasteiger partial charge in [0.2, 0.25) is 0 Å². The predicted octanol–water partition coefficient (Wildman–Crippen LogP) is 3.26. The number of rotatable bonds is 5. The van der Waals surface area contributed by atoms with Crippen molar-refractivity contribution in [3.05, 3.63) is 64.8 Å². The second-order valence-corrected chi connectivity index (χ2v) is 6.44. The minimum Gasteiger partial charge on any atom is -0.493 e. The number of aromatic nitrogens is 1. The van der Waals surface area contributed by atoms with E-state index in [2.05, 4.69) is 26.8 Å². The Hall–Kier alpha value is -2.80. The SMILES string of the molecule is CCOc1ccc(C(=O)NNC(=O)Cn2ccc3ccccc32)cc1Br. The highest BCUT2D eigenvalue weighted by Gasteiger charge is 2.11. The summed E-state index contributed by atoms with van der Waals surface area (Å²) >= 11 is 3.36. The van der Waals surface area contributed by atoms with E-state index in [9.17, 15) is 9.59 Å². The van der Waals surface area contributed by atoms with Crippen LogP contribution in [-0.2, 0) is 11.3 Å². The molecule has 1 aromatic heterocycles. The number of halogens is 1. The van der Waals surface area contributed by atoms with Crippen LogP contribution in [0.1, 0.15) is 17.3 Å². The number of para-hydroxylation sites is 1. The molecule has 7 heteroatoms. The monoisotopic (exact) mass is 415 g/mol. The molecule has 26 heavy (non-hydrogen) atoms. The molecule has 0 radical (unpaired) electrons. The first kappa shape index (κ1) is 18.0. The van der Waals surface area contributed by atoms with Gasteiger partial charge in [-0.25, -0.2) is 0 Å². The topological polar surface area (TPSA) is 72.4 Å². The molecule has 0 fully saturated rings. The molecule has 2 amide bonds. The third kappa shape index (κ3) is 4.05. The quantitative estimate of drug-likeness (QED) is 0.628. The van der Waals surface area contributed by atoms with Crippen molar-refractivity contribution in [3.63, 3.8) is 0 Å². The number of nitrogens with zero attached hydrogens (tertiary/aromatic N) is 1. The molecule has 0 aliphatic rings. The van der Waals surface area contributed by atoms with Gasteiger partial charge in [-0.05, 0) is 58.6 Å². The van der Waals surface area contributed by atoms with E-state index in [1.165, 1.54) is 0 Å². The molecular weight excluding hydrogens is 398 g/mol. The summed E-state index contributed by atoms with van der Waals surface area (Å²) in [6, 6.07) is 14.7. The molecule has 2 aromatic carbocycles. The number of carbonyl (C=O) groups excluding carboxylic acids is 2. The first-order valence-corrected chi connectivity index (χ1v) is 8.93. The van der Waals surface area contributed by atoms with Crippen LogP contribution in [0.15, 0.2) is 59.2 Å². The average molecular weight is 416 g/mol. The van der Waals surface area contributed by atoms with Gasteiger partial charge in [0.1, 0.15) is 12.3 Å². The van der Waals surface area contributed by atoms with E-state index in [-0.39, 0.29) is 12.5 Å². The number of hydrogen-bond acceptors (Lipinski definition) is 3. The number of benzene rings is 2. The summed E-state index contributed by atoms with van der Waals surface area (Å²) < 4.78 is 7.91. The van der Waals surface area contributed by atoms with E-state index in [1.807, 2.05) is 48.0 Å². The van der Waals surface area contributed by atoms with Crippen molar-refractivity contribution >= 4 is 38.6 Å². The van der Waals surface area contributed by atoms with Gasteiger partial charge in [-0.1, -0.05) is 18.2 Å². The predicted molar refractivity (Wildman–Crippen MR) is 103 cm³/mol. The van der Waals surface area contributed by atoms with Crippen LogP contribution < -0.4 is 15.6 Å². The average Bonchev–Trinajstić information content (AvgIpc) is 3.04. The Labute approximate surface area is 159 Å². The fraction of sp³-hybridized carbons (Fsp3) is 0.158. The van der Waals surface area contributed by atoms with E-state index < -0.39 is 5.91 Å². The number of amides is 2. The van der Waals surface area contributed by atoms with Crippen molar-refractivity contribution < 1.29 is 14.3 Å². The molecule has 3 aromatic rings. The van der Waals surface area contributed by atoms with Crippen molar-refractivity contribution in [2.45, 2.75) is 13.5 Å². The van der Waals surface area contributed by atoms with Crippen LogP contribution in [0.25, 0.3) is 10.9 Å². The minimum absolute atomic E-state index is 0.112. The summed E-state index contributed by atoms with van der Waals surface area (Å²) in [4.78, 5) is 24.3. The number of carbonyl (C=O) groups is 2. The largest absolute Gasteiger partial charge is 0.493 e. The molecule has 0 bridgehead atoms. The lowest BCUT2D eigenvalue weighted by atomic mass is 10.2. The van der Waals surface area contributed by atoms with Gasteiger partial charge in [0.05, 0.1) is 11.1 Å². The number of hydrogen-bond donors (Lipinski definition) is 2. The van der Waals surface area contributed by atoms with Gasteiger partial charge in [0, 0.05) is 17.3 Å². The van der Waals surface area contributed by atoms with Crippen LogP contribution in [0.2, 0.25) is 0 Å². The number of ether oxygens (including phenoxy) is 1. The van der Waals surface area contributed by atoms with E-state index in [1.54, 1.807) is 18.2 Å². The van der Waals surface area contributed by atoms with E-state index >= 15 is 0 Å². The van der Waals surface area contributed by atoms with Crippen LogP contribution in [0.4, 0.5) is 0 Å². The number of nitrogens with one attached hydrogen (secondary N) is 2. The van der Waals surface area contributed by atoms with Crippen LogP contribution in [-0.4, -0.2) is 23.0 Å². The van der Waals surface area contributed by atoms with Gasteiger partial charge in [0.15, 0.2) is 0 Å². The van der Waals surface area contributed by atoms with E-state index in [0.717, 1.165) is 10.9 Å². The zero-order valence-electron chi connectivity index (χ0n) is 14.2. The molecule has 1 heterocycles. The second kappa shape index (κ2) is 8.05.